The highest BCUT2D eigenvalue weighted by Crippen LogP contribution is 2.42. The topological polar surface area (TPSA) is 90.3 Å². The smallest absolute Gasteiger partial charge is 0.255 e. The Morgan fingerprint density at radius 2 is 1.84 bits per heavy atom. The highest BCUT2D eigenvalue weighted by molar-refractivity contribution is 9.10. The molecular formula is C33H36BrN5O3S. The molecule has 1 aliphatic heterocycles. The molecule has 0 fully saturated rings. The normalized spacial score (nSPS) is 14.2. The molecule has 0 saturated carbocycles. The zero-order valence-electron chi connectivity index (χ0n) is 24.8. The van der Waals surface area contributed by atoms with Gasteiger partial charge in [-0.1, -0.05) is 83.0 Å². The molecule has 1 aliphatic rings. The lowest BCUT2D eigenvalue weighted by Crippen LogP contribution is -2.32. The minimum Gasteiger partial charge on any atom is -0.492 e. The second-order valence-corrected chi connectivity index (χ2v) is 12.2. The number of allylic oxidation sites excluding steroid dienone is 1. The number of hydrogen-bond acceptors (Lipinski definition) is 7. The minimum absolute atomic E-state index is 0.270. The fraction of sp³-hybridized carbons (Fsp3) is 0.303. The number of ether oxygens (including phenoxy) is 2. The fourth-order valence-electron chi connectivity index (χ4n) is 4.83. The highest BCUT2D eigenvalue weighted by Gasteiger charge is 2.36. The number of thioether (sulfide) groups is 1. The van der Waals surface area contributed by atoms with Crippen LogP contribution in [-0.4, -0.2) is 33.0 Å². The summed E-state index contributed by atoms with van der Waals surface area (Å²) in [5, 5.41) is 12.0. The summed E-state index contributed by atoms with van der Waals surface area (Å²) in [5.41, 5.74) is 4.83. The Kier molecular flexibility index (Phi) is 10.1. The number of amides is 1. The van der Waals surface area contributed by atoms with Gasteiger partial charge in [-0.3, -0.25) is 4.79 Å². The number of para-hydroxylation sites is 2. The summed E-state index contributed by atoms with van der Waals surface area (Å²) in [5.74, 6) is 2.49. The van der Waals surface area contributed by atoms with E-state index in [1.54, 1.807) is 16.4 Å². The van der Waals surface area contributed by atoms with Gasteiger partial charge in [-0.05, 0) is 63.1 Å². The first-order valence-electron chi connectivity index (χ1n) is 14.5. The van der Waals surface area contributed by atoms with Crippen molar-refractivity contribution >= 4 is 45.2 Å². The number of carbonyl (C=O) groups excluding carboxylic acids is 1. The molecule has 43 heavy (non-hydrogen) atoms. The number of halogens is 1. The Hall–Kier alpha value is -3.76. The number of fused-ring (bicyclic) bond motifs is 1. The molecule has 1 atom stereocenters. The Morgan fingerprint density at radius 1 is 1.05 bits per heavy atom. The third-order valence-corrected chi connectivity index (χ3v) is 8.44. The van der Waals surface area contributed by atoms with Crippen molar-refractivity contribution in [2.75, 3.05) is 23.0 Å². The number of nitrogens with one attached hydrogen (secondary N) is 2. The molecule has 0 saturated heterocycles. The lowest BCUT2D eigenvalue weighted by Gasteiger charge is -2.30. The first-order chi connectivity index (χ1) is 20.9. The van der Waals surface area contributed by atoms with E-state index >= 15 is 0 Å². The van der Waals surface area contributed by atoms with Crippen LogP contribution in [-0.2, 0) is 11.4 Å². The number of unbranched alkanes of at least 4 members (excludes halogenated alkanes) is 1. The van der Waals surface area contributed by atoms with Crippen LogP contribution in [0.1, 0.15) is 56.3 Å². The molecule has 3 aromatic carbocycles. The standard InChI is InChI=1S/C33H36BrN5O3S/c1-5-7-18-43-33-37-32-35-22(4)29(31(40)36-26-10-8-9-11-28(26)41-6-2)30(39(32)38-33)25-19-24(34)16-17-27(25)42-20-23-14-12-21(3)13-15-23/h8-17,19,30H,5-7,18,20H2,1-4H3,(H,36,40)(H,35,37,38). The number of carbonyl (C=O) groups is 1. The summed E-state index contributed by atoms with van der Waals surface area (Å²) in [7, 11) is 0. The third-order valence-electron chi connectivity index (χ3n) is 7.02. The largest absolute Gasteiger partial charge is 0.492 e. The molecule has 1 amide bonds. The van der Waals surface area contributed by atoms with Crippen molar-refractivity contribution in [2.45, 2.75) is 58.3 Å². The monoisotopic (exact) mass is 661 g/mol. The molecule has 0 radical (unpaired) electrons. The Balaban J connectivity index is 1.56. The number of aryl methyl sites for hydroxylation is 1. The molecule has 0 aliphatic carbocycles. The van der Waals surface area contributed by atoms with E-state index in [4.69, 9.17) is 19.6 Å². The van der Waals surface area contributed by atoms with Gasteiger partial charge in [0, 0.05) is 21.5 Å². The van der Waals surface area contributed by atoms with E-state index < -0.39 is 6.04 Å². The Labute approximate surface area is 265 Å². The summed E-state index contributed by atoms with van der Waals surface area (Å²) in [6.45, 7) is 8.90. The van der Waals surface area contributed by atoms with Crippen molar-refractivity contribution < 1.29 is 14.3 Å². The number of rotatable bonds is 12. The zero-order chi connectivity index (χ0) is 30.3. The van der Waals surface area contributed by atoms with Gasteiger partial charge in [0.15, 0.2) is 0 Å². The molecular weight excluding hydrogens is 626 g/mol. The molecule has 5 rings (SSSR count). The molecule has 4 aromatic rings. The number of nitrogens with zero attached hydrogens (tertiary/aromatic N) is 3. The van der Waals surface area contributed by atoms with Crippen LogP contribution in [0.25, 0.3) is 0 Å². The second-order valence-electron chi connectivity index (χ2n) is 10.3. The minimum atomic E-state index is -0.603. The maximum Gasteiger partial charge on any atom is 0.255 e. The molecule has 0 spiro atoms. The molecule has 224 valence electrons. The molecule has 2 N–H and O–H groups in total. The van der Waals surface area contributed by atoms with E-state index in [0.717, 1.165) is 34.2 Å². The van der Waals surface area contributed by atoms with Gasteiger partial charge >= 0.3 is 0 Å². The first kappa shape index (κ1) is 30.7. The van der Waals surface area contributed by atoms with Crippen LogP contribution in [0.5, 0.6) is 11.5 Å². The van der Waals surface area contributed by atoms with E-state index in [0.29, 0.717) is 52.8 Å². The van der Waals surface area contributed by atoms with Crippen molar-refractivity contribution in [1.82, 2.24) is 14.8 Å². The van der Waals surface area contributed by atoms with Gasteiger partial charge in [0.05, 0.1) is 17.9 Å². The van der Waals surface area contributed by atoms with Crippen molar-refractivity contribution in [1.29, 1.82) is 0 Å². The maximum absolute atomic E-state index is 14.2. The van der Waals surface area contributed by atoms with Gasteiger partial charge in [-0.2, -0.15) is 4.98 Å². The van der Waals surface area contributed by atoms with Crippen molar-refractivity contribution in [3.63, 3.8) is 0 Å². The average molecular weight is 663 g/mol. The second kappa shape index (κ2) is 14.1. The molecule has 8 nitrogen and oxygen atoms in total. The number of aromatic nitrogens is 3. The predicted octanol–water partition coefficient (Wildman–Crippen LogP) is 8.15. The molecule has 1 unspecified atom stereocenters. The van der Waals surface area contributed by atoms with E-state index in [9.17, 15) is 4.79 Å². The highest BCUT2D eigenvalue weighted by atomic mass is 79.9. The van der Waals surface area contributed by atoms with Crippen LogP contribution in [0.3, 0.4) is 0 Å². The van der Waals surface area contributed by atoms with E-state index in [-0.39, 0.29) is 5.91 Å². The lowest BCUT2D eigenvalue weighted by molar-refractivity contribution is -0.113. The average Bonchev–Trinajstić information content (AvgIpc) is 3.40. The molecule has 2 heterocycles. The van der Waals surface area contributed by atoms with Crippen LogP contribution in [0, 0.1) is 6.92 Å². The number of anilines is 2. The van der Waals surface area contributed by atoms with Gasteiger partial charge in [0.1, 0.15) is 24.1 Å². The van der Waals surface area contributed by atoms with Crippen molar-refractivity contribution in [2.24, 2.45) is 0 Å². The summed E-state index contributed by atoms with van der Waals surface area (Å²) in [6.07, 6.45) is 2.16. The number of hydrogen-bond donors (Lipinski definition) is 2. The van der Waals surface area contributed by atoms with Gasteiger partial charge in [0.2, 0.25) is 11.1 Å². The predicted molar refractivity (Wildman–Crippen MR) is 176 cm³/mol. The number of benzene rings is 3. The fourth-order valence-corrected chi connectivity index (χ4v) is 6.12. The quantitative estimate of drug-likeness (QED) is 0.117. The first-order valence-corrected chi connectivity index (χ1v) is 16.2. The van der Waals surface area contributed by atoms with E-state index in [2.05, 4.69) is 64.7 Å². The summed E-state index contributed by atoms with van der Waals surface area (Å²) in [4.78, 5) is 19.0. The van der Waals surface area contributed by atoms with Crippen molar-refractivity contribution in [3.05, 3.63) is 99.2 Å². The molecule has 1 aromatic heterocycles. The van der Waals surface area contributed by atoms with Crippen molar-refractivity contribution in [3.8, 4) is 11.5 Å². The third kappa shape index (κ3) is 7.25. The van der Waals surface area contributed by atoms with Gasteiger partial charge in [-0.25, -0.2) is 4.68 Å². The van der Waals surface area contributed by atoms with E-state index in [1.165, 1.54) is 5.56 Å². The SMILES string of the molecule is CCCCSc1nc2n(n1)C(c1cc(Br)ccc1OCc1ccc(C)cc1)C(C(=O)Nc1ccccc1OCC)=C(C)N2. The molecule has 10 heteroatoms. The van der Waals surface area contributed by atoms with Crippen LogP contribution in [0.2, 0.25) is 0 Å². The molecule has 0 bridgehead atoms. The van der Waals surface area contributed by atoms with Gasteiger partial charge < -0.3 is 20.1 Å². The van der Waals surface area contributed by atoms with Gasteiger partial charge in [-0.15, -0.1) is 5.10 Å². The lowest BCUT2D eigenvalue weighted by atomic mass is 9.94. The zero-order valence-corrected chi connectivity index (χ0v) is 27.2. The summed E-state index contributed by atoms with van der Waals surface area (Å²) >= 11 is 5.27. The van der Waals surface area contributed by atoms with Crippen LogP contribution in [0.4, 0.5) is 11.6 Å². The Bertz CT molecular complexity index is 1620. The van der Waals surface area contributed by atoms with Crippen LogP contribution < -0.4 is 20.1 Å². The van der Waals surface area contributed by atoms with Crippen LogP contribution in [0.15, 0.2) is 87.6 Å². The van der Waals surface area contributed by atoms with E-state index in [1.807, 2.05) is 56.3 Å². The maximum atomic E-state index is 14.2. The Morgan fingerprint density at radius 3 is 2.60 bits per heavy atom. The summed E-state index contributed by atoms with van der Waals surface area (Å²) < 4.78 is 14.9. The van der Waals surface area contributed by atoms with Crippen LogP contribution >= 0.6 is 27.7 Å². The van der Waals surface area contributed by atoms with Gasteiger partial charge in [0.25, 0.3) is 5.91 Å². The summed E-state index contributed by atoms with van der Waals surface area (Å²) in [6, 6.07) is 21.0.